The molecule has 1 aromatic heterocycles. The van der Waals surface area contributed by atoms with Gasteiger partial charge in [-0.2, -0.15) is 0 Å². The summed E-state index contributed by atoms with van der Waals surface area (Å²) < 4.78 is 57.4. The number of hydrogen-bond acceptors (Lipinski definition) is 7. The molecule has 3 heterocycles. The molecular weight excluding hydrogens is 535 g/mol. The Balaban J connectivity index is 1.63. The van der Waals surface area contributed by atoms with Crippen molar-refractivity contribution in [1.82, 2.24) is 14.5 Å². The average Bonchev–Trinajstić information content (AvgIpc) is 2.97. The highest BCUT2D eigenvalue weighted by molar-refractivity contribution is 5.85. The van der Waals surface area contributed by atoms with Crippen LogP contribution in [0.15, 0.2) is 84.0 Å². The summed E-state index contributed by atoms with van der Waals surface area (Å²) in [5.41, 5.74) is 3.84. The Morgan fingerprint density at radius 2 is 1.76 bits per heavy atom. The van der Waals surface area contributed by atoms with E-state index >= 15 is 0 Å². The molecular formula is C30H26F3N5O3. The largest absolute Gasteiger partial charge is 0.573 e. The second-order valence-corrected chi connectivity index (χ2v) is 9.47. The second kappa shape index (κ2) is 11.1. The highest BCUT2D eigenvalue weighted by Crippen LogP contribution is 2.36. The number of alkyl halides is 3. The van der Waals surface area contributed by atoms with Crippen molar-refractivity contribution >= 4 is 22.4 Å². The molecule has 210 valence electrons. The molecule has 1 N–H and O–H groups in total. The SMILES string of the molecule is COc1ncccc1Nc1cc2nc3ccccc3n(-c3ccccc3OC(F)(F)F)c-2cc1=NC1CCOCC1. The number of fused-ring (bicyclic) bond motifs is 2. The molecule has 0 atom stereocenters. The number of benzene rings is 3. The summed E-state index contributed by atoms with van der Waals surface area (Å²) in [4.78, 5) is 14.2. The number of anilines is 2. The van der Waals surface area contributed by atoms with E-state index in [0.717, 1.165) is 12.8 Å². The molecule has 0 unspecified atom stereocenters. The molecule has 1 saturated heterocycles. The number of nitrogens with zero attached hydrogens (tertiary/aromatic N) is 4. The van der Waals surface area contributed by atoms with Gasteiger partial charge in [0.25, 0.3) is 0 Å². The van der Waals surface area contributed by atoms with Crippen LogP contribution in [-0.2, 0) is 4.74 Å². The van der Waals surface area contributed by atoms with Gasteiger partial charge in [-0.15, -0.1) is 13.2 Å². The Hall–Kier alpha value is -4.64. The van der Waals surface area contributed by atoms with Gasteiger partial charge < -0.3 is 24.1 Å². The third-order valence-corrected chi connectivity index (χ3v) is 6.78. The molecule has 0 saturated carbocycles. The fourth-order valence-electron chi connectivity index (χ4n) is 4.97. The summed E-state index contributed by atoms with van der Waals surface area (Å²) in [5, 5.41) is 4.01. The average molecular weight is 562 g/mol. The number of hydrogen-bond donors (Lipinski definition) is 1. The minimum absolute atomic E-state index is 0.0141. The summed E-state index contributed by atoms with van der Waals surface area (Å²) in [6.07, 6.45) is -1.72. The van der Waals surface area contributed by atoms with Gasteiger partial charge in [0.2, 0.25) is 5.88 Å². The van der Waals surface area contributed by atoms with E-state index in [4.69, 9.17) is 19.5 Å². The number of methoxy groups -OCH3 is 1. The third-order valence-electron chi connectivity index (χ3n) is 6.78. The van der Waals surface area contributed by atoms with E-state index in [-0.39, 0.29) is 17.5 Å². The lowest BCUT2D eigenvalue weighted by molar-refractivity contribution is -0.274. The summed E-state index contributed by atoms with van der Waals surface area (Å²) in [6.45, 7) is 1.21. The van der Waals surface area contributed by atoms with Gasteiger partial charge >= 0.3 is 6.36 Å². The van der Waals surface area contributed by atoms with E-state index in [0.29, 0.717) is 58.2 Å². The lowest BCUT2D eigenvalue weighted by Crippen LogP contribution is -2.23. The van der Waals surface area contributed by atoms with Gasteiger partial charge in [0.1, 0.15) is 5.69 Å². The third kappa shape index (κ3) is 5.66. The first-order valence-corrected chi connectivity index (χ1v) is 13.1. The molecule has 0 amide bonds. The molecule has 0 radical (unpaired) electrons. The number of rotatable bonds is 6. The first-order chi connectivity index (χ1) is 19.9. The molecule has 6 rings (SSSR count). The normalized spacial score (nSPS) is 14.9. The van der Waals surface area contributed by atoms with Crippen molar-refractivity contribution < 1.29 is 27.4 Å². The van der Waals surface area contributed by atoms with Crippen LogP contribution in [0.1, 0.15) is 12.8 Å². The summed E-state index contributed by atoms with van der Waals surface area (Å²) in [5.74, 6) is 0.0808. The lowest BCUT2D eigenvalue weighted by Gasteiger charge is -2.23. The Kier molecular flexibility index (Phi) is 7.19. The van der Waals surface area contributed by atoms with Crippen molar-refractivity contribution in [2.75, 3.05) is 25.6 Å². The second-order valence-electron chi connectivity index (χ2n) is 9.47. The van der Waals surface area contributed by atoms with Crippen LogP contribution in [-0.4, -0.2) is 47.3 Å². The van der Waals surface area contributed by atoms with Gasteiger partial charge in [-0.1, -0.05) is 24.3 Å². The molecule has 1 aliphatic carbocycles. The molecule has 11 heteroatoms. The van der Waals surface area contributed by atoms with Gasteiger partial charge in [-0.05, 0) is 61.4 Å². The number of halogens is 3. The highest BCUT2D eigenvalue weighted by Gasteiger charge is 2.33. The van der Waals surface area contributed by atoms with Crippen LogP contribution in [0.4, 0.5) is 24.5 Å². The number of nitrogens with one attached hydrogen (secondary N) is 1. The topological polar surface area (TPSA) is 82.8 Å². The number of aromatic nitrogens is 3. The molecule has 2 aliphatic heterocycles. The fourth-order valence-corrected chi connectivity index (χ4v) is 4.97. The zero-order valence-electron chi connectivity index (χ0n) is 22.1. The van der Waals surface area contributed by atoms with Crippen LogP contribution in [0.5, 0.6) is 11.6 Å². The molecule has 8 nitrogen and oxygen atoms in total. The van der Waals surface area contributed by atoms with Crippen molar-refractivity contribution in [2.24, 2.45) is 4.99 Å². The van der Waals surface area contributed by atoms with Crippen LogP contribution in [0.25, 0.3) is 28.1 Å². The molecule has 0 bridgehead atoms. The van der Waals surface area contributed by atoms with Crippen molar-refractivity contribution in [3.8, 4) is 28.7 Å². The minimum Gasteiger partial charge on any atom is -0.480 e. The lowest BCUT2D eigenvalue weighted by atomic mass is 10.1. The van der Waals surface area contributed by atoms with Gasteiger partial charge in [-0.25, -0.2) is 9.97 Å². The summed E-state index contributed by atoms with van der Waals surface area (Å²) >= 11 is 0. The van der Waals surface area contributed by atoms with Crippen molar-refractivity contribution in [2.45, 2.75) is 25.2 Å². The summed E-state index contributed by atoms with van der Waals surface area (Å²) in [7, 11) is 1.54. The molecule has 41 heavy (non-hydrogen) atoms. The quantitative estimate of drug-likeness (QED) is 0.247. The van der Waals surface area contributed by atoms with Gasteiger partial charge in [0, 0.05) is 19.4 Å². The predicted octanol–water partition coefficient (Wildman–Crippen LogP) is 6.26. The van der Waals surface area contributed by atoms with Gasteiger partial charge in [0.05, 0.1) is 52.3 Å². The van der Waals surface area contributed by atoms with E-state index in [1.165, 1.54) is 19.2 Å². The molecule has 1 fully saturated rings. The monoisotopic (exact) mass is 561 g/mol. The van der Waals surface area contributed by atoms with E-state index in [1.54, 1.807) is 29.0 Å². The van der Waals surface area contributed by atoms with Gasteiger partial charge in [-0.3, -0.25) is 4.99 Å². The Morgan fingerprint density at radius 3 is 2.56 bits per heavy atom. The zero-order chi connectivity index (χ0) is 28.4. The van der Waals surface area contributed by atoms with Crippen molar-refractivity contribution in [1.29, 1.82) is 0 Å². The van der Waals surface area contributed by atoms with Crippen LogP contribution >= 0.6 is 0 Å². The molecule has 0 spiro atoms. The number of ether oxygens (including phenoxy) is 3. The van der Waals surface area contributed by atoms with Gasteiger partial charge in [0.15, 0.2) is 5.75 Å². The zero-order valence-corrected chi connectivity index (χ0v) is 22.1. The van der Waals surface area contributed by atoms with Crippen LogP contribution in [0.3, 0.4) is 0 Å². The number of pyridine rings is 1. The van der Waals surface area contributed by atoms with Crippen molar-refractivity contribution in [3.05, 3.63) is 84.4 Å². The maximum absolute atomic E-state index is 13.4. The smallest absolute Gasteiger partial charge is 0.480 e. The van der Waals surface area contributed by atoms with E-state index in [9.17, 15) is 13.2 Å². The minimum atomic E-state index is -4.86. The van der Waals surface area contributed by atoms with E-state index < -0.39 is 6.36 Å². The molecule has 3 aromatic rings. The standard InChI is InChI=1S/C30H26F3N5O3/c1-39-29-21(8-6-14-34-29)37-22-17-24-27(18-23(22)35-19-12-15-40-16-13-19)38(25-9-3-2-7-20(25)36-24)26-10-4-5-11-28(26)41-30(31,32)33/h2-11,14,17-19,37H,12-13,15-16H2,1H3. The molecule has 2 aromatic carbocycles. The number of para-hydroxylation sites is 4. The Labute approximate surface area is 233 Å². The Morgan fingerprint density at radius 1 is 0.976 bits per heavy atom. The van der Waals surface area contributed by atoms with Crippen LogP contribution < -0.4 is 20.1 Å². The maximum Gasteiger partial charge on any atom is 0.573 e. The van der Waals surface area contributed by atoms with E-state index in [2.05, 4.69) is 15.0 Å². The summed E-state index contributed by atoms with van der Waals surface area (Å²) in [6, 6.07) is 20.7. The first-order valence-electron chi connectivity index (χ1n) is 13.1. The van der Waals surface area contributed by atoms with Crippen LogP contribution in [0, 0.1) is 0 Å². The maximum atomic E-state index is 13.4. The predicted molar refractivity (Wildman–Crippen MR) is 148 cm³/mol. The van der Waals surface area contributed by atoms with Crippen molar-refractivity contribution in [3.63, 3.8) is 0 Å². The first kappa shape index (κ1) is 26.6. The fraction of sp³-hybridized carbons (Fsp3) is 0.233. The molecule has 3 aliphatic rings. The van der Waals surface area contributed by atoms with E-state index in [1.807, 2.05) is 42.5 Å². The van der Waals surface area contributed by atoms with Crippen LogP contribution in [0.2, 0.25) is 0 Å². The highest BCUT2D eigenvalue weighted by atomic mass is 19.4. The Bertz CT molecular complexity index is 1730.